The van der Waals surface area contributed by atoms with Crippen LogP contribution in [0.15, 0.2) is 0 Å². The zero-order valence-electron chi connectivity index (χ0n) is 11.1. The second kappa shape index (κ2) is 6.03. The summed E-state index contributed by atoms with van der Waals surface area (Å²) in [4.78, 5) is 0. The third-order valence-corrected chi connectivity index (χ3v) is 5.13. The van der Waals surface area contributed by atoms with Gasteiger partial charge in [-0.1, -0.05) is 29.8 Å². The van der Waals surface area contributed by atoms with Crippen molar-refractivity contribution in [1.82, 2.24) is 0 Å². The lowest BCUT2D eigenvalue weighted by Crippen LogP contribution is -2.35. The van der Waals surface area contributed by atoms with Crippen LogP contribution in [0.4, 0.5) is 0 Å². The fourth-order valence-electron chi connectivity index (χ4n) is 2.81. The molecular formula is C14H25BrO2. The molecule has 0 bridgehead atoms. The van der Waals surface area contributed by atoms with Crippen LogP contribution in [0.25, 0.3) is 0 Å². The van der Waals surface area contributed by atoms with Crippen LogP contribution < -0.4 is 0 Å². The van der Waals surface area contributed by atoms with Crippen molar-refractivity contribution in [1.29, 1.82) is 0 Å². The molecule has 1 heterocycles. The molecule has 0 aromatic rings. The summed E-state index contributed by atoms with van der Waals surface area (Å²) in [5.41, 5.74) is 0.345. The molecule has 0 aromatic heterocycles. The molecular weight excluding hydrogens is 280 g/mol. The molecule has 1 aliphatic heterocycles. The number of ether oxygens (including phenoxy) is 2. The predicted molar refractivity (Wildman–Crippen MR) is 73.6 cm³/mol. The van der Waals surface area contributed by atoms with Crippen molar-refractivity contribution in [2.75, 3.05) is 25.2 Å². The molecule has 3 heteroatoms. The topological polar surface area (TPSA) is 18.5 Å². The Labute approximate surface area is 114 Å². The van der Waals surface area contributed by atoms with E-state index >= 15 is 0 Å². The zero-order chi connectivity index (χ0) is 12.3. The standard InChI is InChI=1S/C14H25BrO2/c1-11(2)9-16-7-5-14(10-15)6-8-17-13(14)12-3-4-12/h11-13H,3-10H2,1-2H3. The van der Waals surface area contributed by atoms with Crippen molar-refractivity contribution in [3.8, 4) is 0 Å². The second-order valence-electron chi connectivity index (χ2n) is 6.09. The van der Waals surface area contributed by atoms with Crippen LogP contribution in [0.1, 0.15) is 39.5 Å². The number of halogens is 1. The highest BCUT2D eigenvalue weighted by Crippen LogP contribution is 2.50. The second-order valence-corrected chi connectivity index (χ2v) is 6.65. The van der Waals surface area contributed by atoms with E-state index in [2.05, 4.69) is 29.8 Å². The lowest BCUT2D eigenvalue weighted by Gasteiger charge is -2.32. The number of hydrogen-bond acceptors (Lipinski definition) is 2. The minimum atomic E-state index is 0.345. The first-order valence-corrected chi connectivity index (χ1v) is 8.05. The summed E-state index contributed by atoms with van der Waals surface area (Å²) < 4.78 is 11.7. The van der Waals surface area contributed by atoms with Crippen molar-refractivity contribution in [3.05, 3.63) is 0 Å². The van der Waals surface area contributed by atoms with Gasteiger partial charge < -0.3 is 9.47 Å². The molecule has 0 radical (unpaired) electrons. The van der Waals surface area contributed by atoms with Crippen molar-refractivity contribution in [2.24, 2.45) is 17.3 Å². The minimum Gasteiger partial charge on any atom is -0.381 e. The maximum Gasteiger partial charge on any atom is 0.0669 e. The van der Waals surface area contributed by atoms with Gasteiger partial charge in [-0.2, -0.15) is 0 Å². The molecule has 0 aromatic carbocycles. The van der Waals surface area contributed by atoms with Crippen LogP contribution in [0.5, 0.6) is 0 Å². The molecule has 100 valence electrons. The van der Waals surface area contributed by atoms with Gasteiger partial charge in [0, 0.05) is 30.6 Å². The van der Waals surface area contributed by atoms with Gasteiger partial charge in [-0.05, 0) is 37.5 Å². The molecule has 2 unspecified atom stereocenters. The fraction of sp³-hybridized carbons (Fsp3) is 1.00. The van der Waals surface area contributed by atoms with E-state index in [0.29, 0.717) is 17.4 Å². The van der Waals surface area contributed by atoms with E-state index in [1.807, 2.05) is 0 Å². The summed E-state index contributed by atoms with van der Waals surface area (Å²) in [6, 6.07) is 0. The largest absolute Gasteiger partial charge is 0.381 e. The Kier molecular flexibility index (Phi) is 4.90. The SMILES string of the molecule is CC(C)COCCC1(CBr)CCOC1C1CC1. The van der Waals surface area contributed by atoms with E-state index in [-0.39, 0.29) is 0 Å². The summed E-state index contributed by atoms with van der Waals surface area (Å²) in [7, 11) is 0. The van der Waals surface area contributed by atoms with Crippen molar-refractivity contribution in [3.63, 3.8) is 0 Å². The summed E-state index contributed by atoms with van der Waals surface area (Å²) in [6.45, 7) is 7.11. The van der Waals surface area contributed by atoms with Gasteiger partial charge in [0.25, 0.3) is 0 Å². The van der Waals surface area contributed by atoms with Crippen LogP contribution in [0.2, 0.25) is 0 Å². The highest BCUT2D eigenvalue weighted by molar-refractivity contribution is 9.09. The smallest absolute Gasteiger partial charge is 0.0669 e. The molecule has 0 amide bonds. The van der Waals surface area contributed by atoms with E-state index in [1.54, 1.807) is 0 Å². The molecule has 2 atom stereocenters. The van der Waals surface area contributed by atoms with Crippen LogP contribution in [0.3, 0.4) is 0 Å². The van der Waals surface area contributed by atoms with Gasteiger partial charge in [0.2, 0.25) is 0 Å². The molecule has 17 heavy (non-hydrogen) atoms. The van der Waals surface area contributed by atoms with E-state index in [1.165, 1.54) is 19.3 Å². The van der Waals surface area contributed by atoms with Crippen molar-refractivity contribution < 1.29 is 9.47 Å². The van der Waals surface area contributed by atoms with Crippen LogP contribution >= 0.6 is 15.9 Å². The molecule has 2 aliphatic rings. The molecule has 1 saturated carbocycles. The Bertz CT molecular complexity index is 240. The van der Waals surface area contributed by atoms with E-state index < -0.39 is 0 Å². The summed E-state index contributed by atoms with van der Waals surface area (Å²) in [6.07, 6.45) is 5.57. The number of alkyl halides is 1. The quantitative estimate of drug-likeness (QED) is 0.528. The average Bonchev–Trinajstić information content (AvgIpc) is 3.06. The molecule has 0 spiro atoms. The summed E-state index contributed by atoms with van der Waals surface area (Å²) in [5.74, 6) is 1.47. The Balaban J connectivity index is 1.81. The van der Waals surface area contributed by atoms with Crippen LogP contribution in [-0.2, 0) is 9.47 Å². The van der Waals surface area contributed by atoms with Crippen LogP contribution in [0, 0.1) is 17.3 Å². The number of hydrogen-bond donors (Lipinski definition) is 0. The highest BCUT2D eigenvalue weighted by Gasteiger charge is 2.49. The minimum absolute atomic E-state index is 0.345. The molecule has 2 nitrogen and oxygen atoms in total. The van der Waals surface area contributed by atoms with Crippen LogP contribution in [-0.4, -0.2) is 31.3 Å². The lowest BCUT2D eigenvalue weighted by molar-refractivity contribution is 0.0165. The molecule has 0 N–H and O–H groups in total. The first kappa shape index (κ1) is 13.8. The van der Waals surface area contributed by atoms with Gasteiger partial charge in [-0.3, -0.25) is 0 Å². The molecule has 2 fully saturated rings. The normalized spacial score (nSPS) is 33.5. The van der Waals surface area contributed by atoms with Crippen molar-refractivity contribution >= 4 is 15.9 Å². The highest BCUT2D eigenvalue weighted by atomic mass is 79.9. The predicted octanol–water partition coefficient (Wildman–Crippen LogP) is 3.63. The van der Waals surface area contributed by atoms with Gasteiger partial charge in [-0.25, -0.2) is 0 Å². The Morgan fingerprint density at radius 1 is 1.41 bits per heavy atom. The van der Waals surface area contributed by atoms with E-state index in [4.69, 9.17) is 9.47 Å². The van der Waals surface area contributed by atoms with Gasteiger partial charge >= 0.3 is 0 Å². The summed E-state index contributed by atoms with van der Waals surface area (Å²) in [5, 5.41) is 1.06. The van der Waals surface area contributed by atoms with Gasteiger partial charge in [-0.15, -0.1) is 0 Å². The average molecular weight is 305 g/mol. The fourth-order valence-corrected chi connectivity index (χ4v) is 3.69. The first-order valence-electron chi connectivity index (χ1n) is 6.93. The van der Waals surface area contributed by atoms with Crippen molar-refractivity contribution in [2.45, 2.75) is 45.6 Å². The Morgan fingerprint density at radius 2 is 2.18 bits per heavy atom. The third-order valence-electron chi connectivity index (χ3n) is 4.01. The Morgan fingerprint density at radius 3 is 2.76 bits per heavy atom. The van der Waals surface area contributed by atoms with E-state index in [9.17, 15) is 0 Å². The summed E-state index contributed by atoms with van der Waals surface area (Å²) >= 11 is 3.72. The Hall–Kier alpha value is 0.400. The maximum absolute atomic E-state index is 5.98. The molecule has 1 saturated heterocycles. The molecule has 2 rings (SSSR count). The lowest BCUT2D eigenvalue weighted by atomic mass is 9.78. The molecule has 1 aliphatic carbocycles. The maximum atomic E-state index is 5.98. The van der Waals surface area contributed by atoms with Gasteiger partial charge in [0.05, 0.1) is 6.10 Å². The third kappa shape index (κ3) is 3.45. The van der Waals surface area contributed by atoms with Gasteiger partial charge in [0.1, 0.15) is 0 Å². The first-order chi connectivity index (χ1) is 8.18. The number of rotatable bonds is 7. The van der Waals surface area contributed by atoms with E-state index in [0.717, 1.165) is 37.5 Å². The monoisotopic (exact) mass is 304 g/mol. The van der Waals surface area contributed by atoms with Gasteiger partial charge in [0.15, 0.2) is 0 Å². The zero-order valence-corrected chi connectivity index (χ0v) is 12.7.